The Labute approximate surface area is 129 Å². The van der Waals surface area contributed by atoms with Crippen LogP contribution in [0.25, 0.3) is 0 Å². The molecule has 1 aromatic heterocycles. The topological polar surface area (TPSA) is 37.8 Å². The van der Waals surface area contributed by atoms with Gasteiger partial charge in [0, 0.05) is 18.0 Å². The first-order chi connectivity index (χ1) is 10.0. The molecule has 2 rings (SSSR count). The van der Waals surface area contributed by atoms with E-state index >= 15 is 0 Å². The zero-order valence-corrected chi connectivity index (χ0v) is 13.2. The van der Waals surface area contributed by atoms with E-state index in [9.17, 15) is 4.39 Å². The Morgan fingerprint density at radius 3 is 2.52 bits per heavy atom. The molecular formula is C16H19ClFN3. The molecule has 1 N–H and O–H groups in total. The summed E-state index contributed by atoms with van der Waals surface area (Å²) in [5.74, 6) is 1.23. The second kappa shape index (κ2) is 6.85. The van der Waals surface area contributed by atoms with Crippen molar-refractivity contribution in [2.45, 2.75) is 39.7 Å². The van der Waals surface area contributed by atoms with Crippen molar-refractivity contribution in [1.82, 2.24) is 9.97 Å². The van der Waals surface area contributed by atoms with Crippen molar-refractivity contribution in [3.8, 4) is 0 Å². The smallest absolute Gasteiger partial charge is 0.137 e. The first-order valence-electron chi connectivity index (χ1n) is 7.06. The van der Waals surface area contributed by atoms with Crippen LogP contribution in [0.4, 0.5) is 10.2 Å². The molecule has 1 heterocycles. The van der Waals surface area contributed by atoms with E-state index in [1.54, 1.807) is 12.1 Å². The molecule has 1 aromatic carbocycles. The highest BCUT2D eigenvalue weighted by Gasteiger charge is 2.12. The second-order valence-electron chi connectivity index (χ2n) is 5.07. The van der Waals surface area contributed by atoms with Crippen LogP contribution >= 0.6 is 11.6 Å². The third-order valence-electron chi connectivity index (χ3n) is 3.33. The molecule has 1 atom stereocenters. The number of anilines is 1. The maximum atomic E-state index is 13.0. The van der Waals surface area contributed by atoms with Gasteiger partial charge >= 0.3 is 0 Å². The predicted molar refractivity (Wildman–Crippen MR) is 84.2 cm³/mol. The van der Waals surface area contributed by atoms with Gasteiger partial charge in [0.2, 0.25) is 0 Å². The summed E-state index contributed by atoms with van der Waals surface area (Å²) in [5, 5.41) is 3.80. The average molecular weight is 308 g/mol. The molecule has 0 aliphatic carbocycles. The Morgan fingerprint density at radius 1 is 1.24 bits per heavy atom. The summed E-state index contributed by atoms with van der Waals surface area (Å²) in [7, 11) is 0. The SMILES string of the molecule is CCCc1nc(Cl)c(C)c(NC(C)c2ccc(F)cc2)n1. The zero-order chi connectivity index (χ0) is 15.4. The summed E-state index contributed by atoms with van der Waals surface area (Å²) in [6, 6.07) is 6.44. The zero-order valence-electron chi connectivity index (χ0n) is 12.5. The van der Waals surface area contributed by atoms with Crippen molar-refractivity contribution in [1.29, 1.82) is 0 Å². The normalized spacial score (nSPS) is 12.2. The third kappa shape index (κ3) is 3.91. The third-order valence-corrected chi connectivity index (χ3v) is 3.70. The van der Waals surface area contributed by atoms with Gasteiger partial charge in [-0.05, 0) is 38.0 Å². The van der Waals surface area contributed by atoms with Gasteiger partial charge in [-0.25, -0.2) is 14.4 Å². The standard InChI is InChI=1S/C16H19ClFN3/c1-4-5-14-20-15(17)10(2)16(21-14)19-11(3)12-6-8-13(18)9-7-12/h6-9,11H,4-5H2,1-3H3,(H,19,20,21). The van der Waals surface area contributed by atoms with Gasteiger partial charge in [-0.15, -0.1) is 0 Å². The van der Waals surface area contributed by atoms with Gasteiger partial charge in [-0.1, -0.05) is 30.7 Å². The van der Waals surface area contributed by atoms with E-state index in [1.807, 2.05) is 13.8 Å². The predicted octanol–water partition coefficient (Wildman–Crippen LogP) is 4.70. The molecular weight excluding hydrogens is 289 g/mol. The van der Waals surface area contributed by atoms with Crippen molar-refractivity contribution in [2.24, 2.45) is 0 Å². The fourth-order valence-electron chi connectivity index (χ4n) is 2.05. The first-order valence-corrected chi connectivity index (χ1v) is 7.44. The number of hydrogen-bond donors (Lipinski definition) is 1. The molecule has 3 nitrogen and oxygen atoms in total. The average Bonchev–Trinajstić information content (AvgIpc) is 2.45. The van der Waals surface area contributed by atoms with Gasteiger partial charge < -0.3 is 5.32 Å². The van der Waals surface area contributed by atoms with Crippen LogP contribution in [0.2, 0.25) is 5.15 Å². The lowest BCUT2D eigenvalue weighted by molar-refractivity contribution is 0.626. The quantitative estimate of drug-likeness (QED) is 0.813. The minimum absolute atomic E-state index is 0.00439. The van der Waals surface area contributed by atoms with Crippen molar-refractivity contribution < 1.29 is 4.39 Å². The van der Waals surface area contributed by atoms with E-state index in [1.165, 1.54) is 12.1 Å². The van der Waals surface area contributed by atoms with Gasteiger partial charge in [0.25, 0.3) is 0 Å². The Balaban J connectivity index is 2.23. The van der Waals surface area contributed by atoms with E-state index in [2.05, 4.69) is 22.2 Å². The van der Waals surface area contributed by atoms with Crippen molar-refractivity contribution in [2.75, 3.05) is 5.32 Å². The lowest BCUT2D eigenvalue weighted by Gasteiger charge is -2.17. The van der Waals surface area contributed by atoms with Crippen molar-refractivity contribution >= 4 is 17.4 Å². The van der Waals surface area contributed by atoms with Crippen LogP contribution in [0.5, 0.6) is 0 Å². The molecule has 0 spiro atoms. The molecule has 0 fully saturated rings. The second-order valence-corrected chi connectivity index (χ2v) is 5.43. The lowest BCUT2D eigenvalue weighted by Crippen LogP contribution is -2.11. The Kier molecular flexibility index (Phi) is 5.12. The fraction of sp³-hybridized carbons (Fsp3) is 0.375. The number of nitrogens with one attached hydrogen (secondary N) is 1. The lowest BCUT2D eigenvalue weighted by atomic mass is 10.1. The molecule has 0 saturated heterocycles. The summed E-state index contributed by atoms with van der Waals surface area (Å²) in [6.07, 6.45) is 1.76. The molecule has 0 aliphatic rings. The van der Waals surface area contributed by atoms with Gasteiger partial charge in [-0.3, -0.25) is 0 Å². The fourth-order valence-corrected chi connectivity index (χ4v) is 2.24. The number of hydrogen-bond acceptors (Lipinski definition) is 3. The van der Waals surface area contributed by atoms with E-state index in [0.29, 0.717) is 5.15 Å². The minimum atomic E-state index is -0.238. The molecule has 1 unspecified atom stereocenters. The Hall–Kier alpha value is -1.68. The van der Waals surface area contributed by atoms with Crippen molar-refractivity contribution in [3.63, 3.8) is 0 Å². The molecule has 5 heteroatoms. The summed E-state index contributed by atoms with van der Waals surface area (Å²) < 4.78 is 13.0. The minimum Gasteiger partial charge on any atom is -0.363 e. The van der Waals surface area contributed by atoms with Crippen LogP contribution < -0.4 is 5.32 Å². The number of halogens is 2. The maximum Gasteiger partial charge on any atom is 0.137 e. The molecule has 0 radical (unpaired) electrons. The molecule has 0 bridgehead atoms. The molecule has 21 heavy (non-hydrogen) atoms. The summed E-state index contributed by atoms with van der Waals surface area (Å²) in [6.45, 7) is 5.96. The molecule has 0 amide bonds. The van der Waals surface area contributed by atoms with Gasteiger partial charge in [0.1, 0.15) is 22.6 Å². The molecule has 0 aliphatic heterocycles. The molecule has 2 aromatic rings. The van der Waals surface area contributed by atoms with E-state index in [-0.39, 0.29) is 11.9 Å². The number of benzene rings is 1. The Morgan fingerprint density at radius 2 is 1.90 bits per heavy atom. The highest BCUT2D eigenvalue weighted by atomic mass is 35.5. The number of aromatic nitrogens is 2. The van der Waals surface area contributed by atoms with Gasteiger partial charge in [-0.2, -0.15) is 0 Å². The van der Waals surface area contributed by atoms with E-state index in [0.717, 1.165) is 35.6 Å². The van der Waals surface area contributed by atoms with Crippen LogP contribution in [-0.2, 0) is 6.42 Å². The van der Waals surface area contributed by atoms with E-state index < -0.39 is 0 Å². The van der Waals surface area contributed by atoms with Crippen LogP contribution in [0.1, 0.15) is 43.3 Å². The summed E-state index contributed by atoms with van der Waals surface area (Å²) in [4.78, 5) is 8.80. The van der Waals surface area contributed by atoms with Crippen LogP contribution in [0, 0.1) is 12.7 Å². The van der Waals surface area contributed by atoms with Crippen LogP contribution in [0.3, 0.4) is 0 Å². The van der Waals surface area contributed by atoms with Crippen molar-refractivity contribution in [3.05, 3.63) is 52.2 Å². The molecule has 112 valence electrons. The Bertz CT molecular complexity index is 614. The number of nitrogens with zero attached hydrogens (tertiary/aromatic N) is 2. The summed E-state index contributed by atoms with van der Waals surface area (Å²) >= 11 is 6.16. The van der Waals surface area contributed by atoms with Gasteiger partial charge in [0.05, 0.1) is 0 Å². The largest absolute Gasteiger partial charge is 0.363 e. The van der Waals surface area contributed by atoms with Gasteiger partial charge in [0.15, 0.2) is 0 Å². The maximum absolute atomic E-state index is 13.0. The number of rotatable bonds is 5. The first kappa shape index (κ1) is 15.7. The number of aryl methyl sites for hydroxylation is 1. The van der Waals surface area contributed by atoms with E-state index in [4.69, 9.17) is 11.6 Å². The van der Waals surface area contributed by atoms with Crippen LogP contribution in [0.15, 0.2) is 24.3 Å². The highest BCUT2D eigenvalue weighted by Crippen LogP contribution is 2.25. The molecule has 0 saturated carbocycles. The van der Waals surface area contributed by atoms with Crippen LogP contribution in [-0.4, -0.2) is 9.97 Å². The monoisotopic (exact) mass is 307 g/mol. The summed E-state index contributed by atoms with van der Waals surface area (Å²) in [5.41, 5.74) is 1.81. The highest BCUT2D eigenvalue weighted by molar-refractivity contribution is 6.30.